The van der Waals surface area contributed by atoms with Gasteiger partial charge in [0, 0.05) is 0 Å². The molecule has 0 radical (unpaired) electrons. The Morgan fingerprint density at radius 3 is 2.70 bits per heavy atom. The molecule has 0 aliphatic carbocycles. The lowest BCUT2D eigenvalue weighted by Crippen LogP contribution is -2.28. The highest BCUT2D eigenvalue weighted by atomic mass is 32.1. The van der Waals surface area contributed by atoms with Crippen LogP contribution in [0.4, 0.5) is 0 Å². The maximum absolute atomic E-state index is 12.3. The molecule has 0 aliphatic rings. The Labute approximate surface area is 161 Å². The van der Waals surface area contributed by atoms with Crippen LogP contribution in [-0.4, -0.2) is 26.0 Å². The monoisotopic (exact) mass is 376 g/mol. The van der Waals surface area contributed by atoms with Gasteiger partial charge in [0.2, 0.25) is 0 Å². The third-order valence-corrected chi connectivity index (χ3v) is 5.08. The number of aromatic nitrogens is 3. The zero-order chi connectivity index (χ0) is 18.8. The minimum absolute atomic E-state index is 0.103. The van der Waals surface area contributed by atoms with Crippen LogP contribution in [0.2, 0.25) is 0 Å². The van der Waals surface area contributed by atoms with E-state index in [-0.39, 0.29) is 5.56 Å². The number of H-pyrrole nitrogens is 1. The summed E-state index contributed by atoms with van der Waals surface area (Å²) in [4.78, 5) is 22.1. The number of nitrogens with zero attached hydrogens (tertiary/aromatic N) is 3. The van der Waals surface area contributed by atoms with Crippen LogP contribution in [-0.2, 0) is 13.2 Å². The van der Waals surface area contributed by atoms with E-state index in [1.807, 2.05) is 42.5 Å². The second-order valence-electron chi connectivity index (χ2n) is 6.47. The van der Waals surface area contributed by atoms with Crippen molar-refractivity contribution in [3.63, 3.8) is 0 Å². The molecule has 2 aromatic heterocycles. The van der Waals surface area contributed by atoms with Crippen molar-refractivity contribution >= 4 is 34.0 Å². The van der Waals surface area contributed by atoms with E-state index in [1.165, 1.54) is 0 Å². The van der Waals surface area contributed by atoms with Crippen LogP contribution in [0, 0.1) is 4.64 Å². The Hall–Kier alpha value is -2.83. The Balaban J connectivity index is 1.67. The number of rotatable bonds is 5. The van der Waals surface area contributed by atoms with Gasteiger partial charge in [0.1, 0.15) is 10.5 Å². The van der Waals surface area contributed by atoms with E-state index in [9.17, 15) is 4.79 Å². The summed E-state index contributed by atoms with van der Waals surface area (Å²) < 4.78 is 2.90. The zero-order valence-electron chi connectivity index (χ0n) is 15.1. The lowest BCUT2D eigenvalue weighted by Gasteiger charge is -2.23. The van der Waals surface area contributed by atoms with Gasteiger partial charge < -0.3 is 9.55 Å². The Morgan fingerprint density at radius 1 is 1.07 bits per heavy atom. The smallest absolute Gasteiger partial charge is 0.258 e. The normalized spacial score (nSPS) is 11.5. The number of para-hydroxylation sites is 2. The Kier molecular flexibility index (Phi) is 4.83. The summed E-state index contributed by atoms with van der Waals surface area (Å²) in [5, 5.41) is 1.76. The SMILES string of the molecule is CCN(Cc1nc2ccccc2c(=O)[nH]1)Cn1c(=S)ccc2ccccc21. The van der Waals surface area contributed by atoms with Crippen molar-refractivity contribution in [1.82, 2.24) is 19.4 Å². The second-order valence-corrected chi connectivity index (χ2v) is 6.89. The van der Waals surface area contributed by atoms with Crippen LogP contribution in [0.5, 0.6) is 0 Å². The molecule has 0 bridgehead atoms. The summed E-state index contributed by atoms with van der Waals surface area (Å²) in [7, 11) is 0. The molecule has 0 amide bonds. The highest BCUT2D eigenvalue weighted by Crippen LogP contribution is 2.16. The molecule has 136 valence electrons. The third-order valence-electron chi connectivity index (χ3n) is 4.72. The number of nitrogens with one attached hydrogen (secondary N) is 1. The number of hydrogen-bond acceptors (Lipinski definition) is 4. The van der Waals surface area contributed by atoms with Crippen molar-refractivity contribution in [2.75, 3.05) is 6.54 Å². The van der Waals surface area contributed by atoms with E-state index in [1.54, 1.807) is 6.07 Å². The van der Waals surface area contributed by atoms with E-state index in [2.05, 4.69) is 38.5 Å². The minimum atomic E-state index is -0.103. The van der Waals surface area contributed by atoms with Gasteiger partial charge in [0.15, 0.2) is 0 Å². The molecule has 6 heteroatoms. The molecule has 0 aliphatic heterocycles. The van der Waals surface area contributed by atoms with Gasteiger partial charge in [0.05, 0.1) is 29.6 Å². The van der Waals surface area contributed by atoms with Gasteiger partial charge in [-0.05, 0) is 42.3 Å². The van der Waals surface area contributed by atoms with Gasteiger partial charge in [0.25, 0.3) is 5.56 Å². The van der Waals surface area contributed by atoms with Crippen LogP contribution < -0.4 is 5.56 Å². The molecule has 1 N–H and O–H groups in total. The van der Waals surface area contributed by atoms with Gasteiger partial charge in [-0.3, -0.25) is 9.69 Å². The highest BCUT2D eigenvalue weighted by molar-refractivity contribution is 7.71. The van der Waals surface area contributed by atoms with E-state index in [0.29, 0.717) is 29.9 Å². The molecule has 0 saturated carbocycles. The van der Waals surface area contributed by atoms with E-state index >= 15 is 0 Å². The second kappa shape index (κ2) is 7.42. The first-order valence-electron chi connectivity index (χ1n) is 8.94. The fraction of sp³-hybridized carbons (Fsp3) is 0.190. The molecule has 0 saturated heterocycles. The van der Waals surface area contributed by atoms with Crippen molar-refractivity contribution in [3.05, 3.63) is 81.5 Å². The minimum Gasteiger partial charge on any atom is -0.318 e. The molecule has 2 heterocycles. The maximum atomic E-state index is 12.3. The molecule has 4 rings (SSSR count). The van der Waals surface area contributed by atoms with Crippen molar-refractivity contribution in [3.8, 4) is 0 Å². The molecule has 0 atom stereocenters. The molecular weight excluding hydrogens is 356 g/mol. The summed E-state index contributed by atoms with van der Waals surface area (Å²) in [6.07, 6.45) is 0. The lowest BCUT2D eigenvalue weighted by molar-refractivity contribution is 0.218. The average Bonchev–Trinajstić information content (AvgIpc) is 2.69. The Morgan fingerprint density at radius 2 is 1.85 bits per heavy atom. The van der Waals surface area contributed by atoms with Crippen molar-refractivity contribution in [2.24, 2.45) is 0 Å². The van der Waals surface area contributed by atoms with Gasteiger partial charge in [-0.1, -0.05) is 49.5 Å². The molecule has 27 heavy (non-hydrogen) atoms. The zero-order valence-corrected chi connectivity index (χ0v) is 15.9. The number of benzene rings is 2. The molecule has 4 aromatic rings. The quantitative estimate of drug-likeness (QED) is 0.533. The summed E-state index contributed by atoms with van der Waals surface area (Å²) in [6.45, 7) is 4.07. The molecular formula is C21H20N4OS. The van der Waals surface area contributed by atoms with Crippen molar-refractivity contribution < 1.29 is 0 Å². The predicted molar refractivity (Wildman–Crippen MR) is 111 cm³/mol. The van der Waals surface area contributed by atoms with Gasteiger partial charge in [-0.15, -0.1) is 0 Å². The number of aromatic amines is 1. The summed E-state index contributed by atoms with van der Waals surface area (Å²) in [5.74, 6) is 0.660. The summed E-state index contributed by atoms with van der Waals surface area (Å²) in [6, 6.07) is 19.6. The molecule has 0 unspecified atom stereocenters. The van der Waals surface area contributed by atoms with Crippen LogP contribution in [0.3, 0.4) is 0 Å². The first kappa shape index (κ1) is 17.6. The van der Waals surface area contributed by atoms with Crippen LogP contribution in [0.1, 0.15) is 12.7 Å². The summed E-state index contributed by atoms with van der Waals surface area (Å²) >= 11 is 5.56. The Bertz CT molecular complexity index is 1230. The third kappa shape index (κ3) is 3.54. The molecule has 5 nitrogen and oxygen atoms in total. The van der Waals surface area contributed by atoms with Crippen molar-refractivity contribution in [1.29, 1.82) is 0 Å². The van der Waals surface area contributed by atoms with E-state index in [4.69, 9.17) is 12.2 Å². The first-order valence-corrected chi connectivity index (χ1v) is 9.35. The van der Waals surface area contributed by atoms with Crippen LogP contribution in [0.15, 0.2) is 65.5 Å². The number of pyridine rings is 1. The highest BCUT2D eigenvalue weighted by Gasteiger charge is 2.10. The van der Waals surface area contributed by atoms with E-state index in [0.717, 1.165) is 22.1 Å². The molecule has 0 fully saturated rings. The molecule has 2 aromatic carbocycles. The van der Waals surface area contributed by atoms with Gasteiger partial charge in [-0.2, -0.15) is 0 Å². The van der Waals surface area contributed by atoms with Gasteiger partial charge in [-0.25, -0.2) is 4.98 Å². The maximum Gasteiger partial charge on any atom is 0.258 e. The van der Waals surface area contributed by atoms with Gasteiger partial charge >= 0.3 is 0 Å². The average molecular weight is 376 g/mol. The van der Waals surface area contributed by atoms with Crippen molar-refractivity contribution in [2.45, 2.75) is 20.1 Å². The lowest BCUT2D eigenvalue weighted by atomic mass is 10.2. The largest absolute Gasteiger partial charge is 0.318 e. The fourth-order valence-corrected chi connectivity index (χ4v) is 3.50. The topological polar surface area (TPSA) is 53.9 Å². The standard InChI is InChI=1S/C21H20N4OS/c1-2-24(13-19-22-17-9-5-4-8-16(17)21(26)23-19)14-25-18-10-6-3-7-15(18)11-12-20(25)27/h3-12H,2,13-14H2,1H3,(H,22,23,26). The van der Waals surface area contributed by atoms with E-state index < -0.39 is 0 Å². The summed E-state index contributed by atoms with van der Waals surface area (Å²) in [5.41, 5.74) is 1.71. The number of fused-ring (bicyclic) bond motifs is 2. The number of hydrogen-bond donors (Lipinski definition) is 1. The van der Waals surface area contributed by atoms with Crippen LogP contribution >= 0.6 is 12.2 Å². The molecule has 0 spiro atoms. The first-order chi connectivity index (χ1) is 13.2. The fourth-order valence-electron chi connectivity index (χ4n) is 3.27. The predicted octanol–water partition coefficient (Wildman–Crippen LogP) is 4.09. The van der Waals surface area contributed by atoms with Crippen LogP contribution in [0.25, 0.3) is 21.8 Å².